The summed E-state index contributed by atoms with van der Waals surface area (Å²) in [6.07, 6.45) is 0. The van der Waals surface area contributed by atoms with E-state index in [-0.39, 0.29) is 12.0 Å². The number of benzene rings is 1. The largest absolute Gasteiger partial charge is 0.392 e. The molecule has 3 nitrogen and oxygen atoms in total. The van der Waals surface area contributed by atoms with Gasteiger partial charge in [-0.05, 0) is 23.1 Å². The molecule has 0 aromatic heterocycles. The number of hydrogen-bond donors (Lipinski definition) is 1. The van der Waals surface area contributed by atoms with Crippen molar-refractivity contribution >= 4 is 5.69 Å². The number of anilines is 1. The summed E-state index contributed by atoms with van der Waals surface area (Å²) in [4.78, 5) is 2.08. The lowest BCUT2D eigenvalue weighted by Crippen LogP contribution is -2.29. The van der Waals surface area contributed by atoms with Crippen LogP contribution in [0.1, 0.15) is 31.9 Å². The normalized spacial score (nSPS) is 11.1. The predicted molar refractivity (Wildman–Crippen MR) is 69.8 cm³/mol. The molecule has 1 aromatic carbocycles. The number of hydrogen-bond acceptors (Lipinski definition) is 3. The fraction of sp³-hybridized carbons (Fsp3) is 0.500. The van der Waals surface area contributed by atoms with Crippen LogP contribution in [-0.2, 0) is 6.61 Å². The molecule has 0 saturated heterocycles. The van der Waals surface area contributed by atoms with E-state index in [2.05, 4.69) is 31.7 Å². The van der Waals surface area contributed by atoms with Gasteiger partial charge < -0.3 is 10.0 Å². The first kappa shape index (κ1) is 13.5. The van der Waals surface area contributed by atoms with E-state index >= 15 is 0 Å². The second kappa shape index (κ2) is 5.20. The average molecular weight is 232 g/mol. The van der Waals surface area contributed by atoms with E-state index in [1.54, 1.807) is 6.07 Å². The Morgan fingerprint density at radius 3 is 2.47 bits per heavy atom. The molecule has 0 atom stereocenters. The number of aliphatic hydroxyl groups is 1. The molecule has 0 aliphatic rings. The maximum Gasteiger partial charge on any atom is 0.101 e. The molecule has 0 heterocycles. The summed E-state index contributed by atoms with van der Waals surface area (Å²) in [6.45, 7) is 7.34. The van der Waals surface area contributed by atoms with E-state index in [0.29, 0.717) is 5.56 Å². The topological polar surface area (TPSA) is 47.3 Å². The minimum Gasteiger partial charge on any atom is -0.392 e. The molecule has 0 bridgehead atoms. The van der Waals surface area contributed by atoms with Crippen molar-refractivity contribution in [3.63, 3.8) is 0 Å². The summed E-state index contributed by atoms with van der Waals surface area (Å²) in [6, 6.07) is 7.68. The molecule has 0 saturated carbocycles. The van der Waals surface area contributed by atoms with Crippen molar-refractivity contribution in [1.29, 1.82) is 5.26 Å². The lowest BCUT2D eigenvalue weighted by Gasteiger charge is -2.29. The van der Waals surface area contributed by atoms with Gasteiger partial charge in [-0.15, -0.1) is 0 Å². The Morgan fingerprint density at radius 1 is 1.35 bits per heavy atom. The van der Waals surface area contributed by atoms with E-state index in [9.17, 15) is 0 Å². The van der Waals surface area contributed by atoms with Crippen LogP contribution in [0, 0.1) is 16.7 Å². The molecule has 0 amide bonds. The molecule has 1 N–H and O–H groups in total. The van der Waals surface area contributed by atoms with Crippen LogP contribution in [0.3, 0.4) is 0 Å². The molecule has 1 rings (SSSR count). The summed E-state index contributed by atoms with van der Waals surface area (Å²) < 4.78 is 0. The van der Waals surface area contributed by atoms with Gasteiger partial charge in [-0.3, -0.25) is 0 Å². The molecule has 0 radical (unpaired) electrons. The summed E-state index contributed by atoms with van der Waals surface area (Å²) in [5, 5.41) is 18.2. The van der Waals surface area contributed by atoms with Gasteiger partial charge in [0.15, 0.2) is 0 Å². The molecular weight excluding hydrogens is 212 g/mol. The monoisotopic (exact) mass is 232 g/mol. The van der Waals surface area contributed by atoms with Crippen LogP contribution in [0.15, 0.2) is 18.2 Å². The van der Waals surface area contributed by atoms with E-state index in [4.69, 9.17) is 10.4 Å². The minimum atomic E-state index is -0.0298. The Kier molecular flexibility index (Phi) is 4.14. The van der Waals surface area contributed by atoms with Crippen molar-refractivity contribution in [3.05, 3.63) is 29.3 Å². The highest BCUT2D eigenvalue weighted by Crippen LogP contribution is 2.24. The molecule has 1 aromatic rings. The Balaban J connectivity index is 3.02. The van der Waals surface area contributed by atoms with Crippen LogP contribution in [0.2, 0.25) is 0 Å². The minimum absolute atomic E-state index is 0.0298. The van der Waals surface area contributed by atoms with Gasteiger partial charge in [-0.1, -0.05) is 26.8 Å². The molecule has 17 heavy (non-hydrogen) atoms. The summed E-state index contributed by atoms with van der Waals surface area (Å²) in [7, 11) is 1.99. The van der Waals surface area contributed by atoms with Crippen LogP contribution < -0.4 is 4.90 Å². The summed E-state index contributed by atoms with van der Waals surface area (Å²) in [5.41, 5.74) is 2.48. The van der Waals surface area contributed by atoms with Gasteiger partial charge >= 0.3 is 0 Å². The van der Waals surface area contributed by atoms with Crippen molar-refractivity contribution in [2.45, 2.75) is 27.4 Å². The van der Waals surface area contributed by atoms with Crippen LogP contribution in [-0.4, -0.2) is 18.7 Å². The first-order chi connectivity index (χ1) is 7.87. The van der Waals surface area contributed by atoms with E-state index in [0.717, 1.165) is 17.8 Å². The second-order valence-electron chi connectivity index (χ2n) is 5.54. The molecule has 0 fully saturated rings. The number of aliphatic hydroxyl groups excluding tert-OH is 1. The highest BCUT2D eigenvalue weighted by molar-refractivity contribution is 5.60. The zero-order valence-corrected chi connectivity index (χ0v) is 11.0. The third-order valence-corrected chi connectivity index (χ3v) is 2.49. The predicted octanol–water partition coefficient (Wildman–Crippen LogP) is 2.53. The standard InChI is InChI=1S/C14H20N2O/c1-14(2,3)10-16(4)13-6-5-11(9-17)7-12(13)8-15/h5-7,17H,9-10H2,1-4H3. The van der Waals surface area contributed by atoms with E-state index < -0.39 is 0 Å². The van der Waals surface area contributed by atoms with Crippen LogP contribution in [0.25, 0.3) is 0 Å². The van der Waals surface area contributed by atoms with Gasteiger partial charge in [-0.2, -0.15) is 5.26 Å². The average Bonchev–Trinajstić information content (AvgIpc) is 2.25. The Hall–Kier alpha value is -1.53. The lowest BCUT2D eigenvalue weighted by molar-refractivity contribution is 0.282. The zero-order chi connectivity index (χ0) is 13.1. The molecule has 0 spiro atoms. The van der Waals surface area contributed by atoms with Gasteiger partial charge in [0.1, 0.15) is 6.07 Å². The highest BCUT2D eigenvalue weighted by Gasteiger charge is 2.16. The Morgan fingerprint density at radius 2 is 2.00 bits per heavy atom. The maximum atomic E-state index is 9.13. The van der Waals surface area contributed by atoms with Crippen molar-refractivity contribution in [1.82, 2.24) is 0 Å². The first-order valence-electron chi connectivity index (χ1n) is 5.72. The van der Waals surface area contributed by atoms with Gasteiger partial charge in [0.05, 0.1) is 17.9 Å². The Labute approximate surface area is 103 Å². The lowest BCUT2D eigenvalue weighted by atomic mass is 9.95. The highest BCUT2D eigenvalue weighted by atomic mass is 16.3. The third-order valence-electron chi connectivity index (χ3n) is 2.49. The van der Waals surface area contributed by atoms with Crippen molar-refractivity contribution in [2.24, 2.45) is 5.41 Å². The quantitative estimate of drug-likeness (QED) is 0.871. The third kappa shape index (κ3) is 3.76. The van der Waals surface area contributed by atoms with Gasteiger partial charge in [0, 0.05) is 13.6 Å². The number of rotatable bonds is 3. The zero-order valence-electron chi connectivity index (χ0n) is 11.0. The van der Waals surface area contributed by atoms with Gasteiger partial charge in [-0.25, -0.2) is 0 Å². The van der Waals surface area contributed by atoms with Crippen molar-refractivity contribution in [2.75, 3.05) is 18.5 Å². The van der Waals surface area contributed by atoms with Gasteiger partial charge in [0.2, 0.25) is 0 Å². The van der Waals surface area contributed by atoms with Crippen LogP contribution in [0.4, 0.5) is 5.69 Å². The summed E-state index contributed by atoms with van der Waals surface area (Å²) >= 11 is 0. The van der Waals surface area contributed by atoms with Crippen LogP contribution in [0.5, 0.6) is 0 Å². The second-order valence-corrected chi connectivity index (χ2v) is 5.54. The van der Waals surface area contributed by atoms with E-state index in [1.807, 2.05) is 19.2 Å². The van der Waals surface area contributed by atoms with Crippen molar-refractivity contribution in [3.8, 4) is 6.07 Å². The smallest absolute Gasteiger partial charge is 0.101 e. The Bertz CT molecular complexity index is 427. The first-order valence-corrected chi connectivity index (χ1v) is 5.72. The molecule has 0 aliphatic carbocycles. The number of nitrogens with zero attached hydrogens (tertiary/aromatic N) is 2. The molecule has 3 heteroatoms. The maximum absolute atomic E-state index is 9.13. The molecule has 0 unspecified atom stereocenters. The fourth-order valence-electron chi connectivity index (χ4n) is 1.90. The SMILES string of the molecule is CN(CC(C)(C)C)c1ccc(CO)cc1C#N. The fourth-order valence-corrected chi connectivity index (χ4v) is 1.90. The van der Waals surface area contributed by atoms with Crippen LogP contribution >= 0.6 is 0 Å². The summed E-state index contributed by atoms with van der Waals surface area (Å²) in [5.74, 6) is 0. The molecule has 0 aliphatic heterocycles. The van der Waals surface area contributed by atoms with E-state index in [1.165, 1.54) is 0 Å². The number of nitriles is 1. The van der Waals surface area contributed by atoms with Gasteiger partial charge in [0.25, 0.3) is 0 Å². The molecule has 92 valence electrons. The molecular formula is C14H20N2O. The van der Waals surface area contributed by atoms with Crippen molar-refractivity contribution < 1.29 is 5.11 Å².